The Morgan fingerprint density at radius 2 is 2.00 bits per heavy atom. The van der Waals surface area contributed by atoms with Gasteiger partial charge in [0.15, 0.2) is 0 Å². The zero-order chi connectivity index (χ0) is 19.4. The number of nitro benzene ring substituents is 1. The molecule has 0 saturated carbocycles. The Kier molecular flexibility index (Phi) is 5.06. The summed E-state index contributed by atoms with van der Waals surface area (Å²) >= 11 is 4.90. The lowest BCUT2D eigenvalue weighted by atomic mass is 10.1. The van der Waals surface area contributed by atoms with Crippen molar-refractivity contribution in [2.75, 3.05) is 0 Å². The molecule has 0 bridgehead atoms. The van der Waals surface area contributed by atoms with Crippen molar-refractivity contribution in [3.8, 4) is 23.0 Å². The van der Waals surface area contributed by atoms with E-state index in [1.54, 1.807) is 23.0 Å². The molecule has 0 aliphatic carbocycles. The summed E-state index contributed by atoms with van der Waals surface area (Å²) in [4.78, 5) is 10.6. The van der Waals surface area contributed by atoms with Crippen molar-refractivity contribution in [2.45, 2.75) is 0 Å². The minimum atomic E-state index is -0.469. The second-order valence-electron chi connectivity index (χ2n) is 5.55. The van der Waals surface area contributed by atoms with Gasteiger partial charge in [0.1, 0.15) is 16.8 Å². The number of nitrogens with two attached hydrogens (primary N) is 1. The Morgan fingerprint density at radius 3 is 2.63 bits per heavy atom. The average molecular weight is 375 g/mol. The minimum absolute atomic E-state index is 0.0325. The first-order valence-electron chi connectivity index (χ1n) is 7.81. The number of hydrogen-bond donors (Lipinski definition) is 1. The zero-order valence-electron chi connectivity index (χ0n) is 13.9. The lowest BCUT2D eigenvalue weighted by Gasteiger charge is -2.01. The predicted molar refractivity (Wildman–Crippen MR) is 106 cm³/mol. The van der Waals surface area contributed by atoms with Crippen LogP contribution in [0, 0.1) is 21.4 Å². The van der Waals surface area contributed by atoms with Gasteiger partial charge in [0.25, 0.3) is 5.69 Å². The molecule has 0 aliphatic heterocycles. The van der Waals surface area contributed by atoms with Crippen LogP contribution in [-0.4, -0.2) is 19.7 Å². The molecule has 132 valence electrons. The summed E-state index contributed by atoms with van der Waals surface area (Å²) < 4.78 is 1.63. The molecule has 0 atom stereocenters. The third-order valence-corrected chi connectivity index (χ3v) is 4.00. The van der Waals surface area contributed by atoms with Crippen LogP contribution in [0.5, 0.6) is 0 Å². The van der Waals surface area contributed by atoms with Crippen LogP contribution in [0.15, 0.2) is 66.4 Å². The SMILES string of the molecule is N#C/C(=C\c1cn(-c2ccccc2)nc1-c1cccc([N+](=O)[O-])c1)C(N)=S. The Morgan fingerprint density at radius 1 is 1.26 bits per heavy atom. The summed E-state index contributed by atoms with van der Waals surface area (Å²) in [5.41, 5.74) is 8.07. The second kappa shape index (κ2) is 7.59. The number of aromatic nitrogens is 2. The molecule has 3 aromatic rings. The van der Waals surface area contributed by atoms with Gasteiger partial charge in [-0.2, -0.15) is 10.4 Å². The van der Waals surface area contributed by atoms with Crippen LogP contribution in [0.4, 0.5) is 5.69 Å². The standard InChI is InChI=1S/C19H13N5O2S/c20-11-14(19(21)27)9-15-12-23(16-6-2-1-3-7-16)22-18(15)13-5-4-8-17(10-13)24(25)26/h1-10,12H,(H2,21,27)/b14-9+. The largest absolute Gasteiger partial charge is 0.389 e. The van der Waals surface area contributed by atoms with E-state index >= 15 is 0 Å². The highest BCUT2D eigenvalue weighted by atomic mass is 32.1. The van der Waals surface area contributed by atoms with Crippen LogP contribution in [0.1, 0.15) is 5.56 Å². The predicted octanol–water partition coefficient (Wildman–Crippen LogP) is 3.64. The number of para-hydroxylation sites is 1. The molecular weight excluding hydrogens is 362 g/mol. The van der Waals surface area contributed by atoms with Gasteiger partial charge in [0.2, 0.25) is 0 Å². The molecule has 0 spiro atoms. The Balaban J connectivity index is 2.21. The molecule has 0 unspecified atom stereocenters. The van der Waals surface area contributed by atoms with Crippen LogP contribution in [0.25, 0.3) is 23.0 Å². The molecule has 3 rings (SSSR count). The molecular formula is C19H13N5O2S. The van der Waals surface area contributed by atoms with Crippen molar-refractivity contribution in [3.63, 3.8) is 0 Å². The molecule has 2 N–H and O–H groups in total. The Hall–Kier alpha value is -3.83. The third-order valence-electron chi connectivity index (χ3n) is 3.78. The summed E-state index contributed by atoms with van der Waals surface area (Å²) in [6.07, 6.45) is 3.25. The van der Waals surface area contributed by atoms with E-state index < -0.39 is 4.92 Å². The van der Waals surface area contributed by atoms with Crippen molar-refractivity contribution in [2.24, 2.45) is 5.73 Å². The van der Waals surface area contributed by atoms with Crippen molar-refractivity contribution in [1.82, 2.24) is 9.78 Å². The third kappa shape index (κ3) is 3.89. The highest BCUT2D eigenvalue weighted by Crippen LogP contribution is 2.28. The van der Waals surface area contributed by atoms with E-state index in [1.807, 2.05) is 36.4 Å². The van der Waals surface area contributed by atoms with Crippen LogP contribution >= 0.6 is 12.2 Å². The lowest BCUT2D eigenvalue weighted by Crippen LogP contribution is -2.09. The van der Waals surface area contributed by atoms with Crippen LogP contribution in [-0.2, 0) is 0 Å². The smallest absolute Gasteiger partial charge is 0.270 e. The highest BCUT2D eigenvalue weighted by molar-refractivity contribution is 7.80. The average Bonchev–Trinajstić information content (AvgIpc) is 3.10. The number of hydrogen-bond acceptors (Lipinski definition) is 5. The minimum Gasteiger partial charge on any atom is -0.389 e. The molecule has 0 fully saturated rings. The topological polar surface area (TPSA) is 111 Å². The Bertz CT molecular complexity index is 1100. The summed E-state index contributed by atoms with van der Waals surface area (Å²) in [6.45, 7) is 0. The molecule has 2 aromatic carbocycles. The number of benzene rings is 2. The Labute approximate surface area is 160 Å². The van der Waals surface area contributed by atoms with Gasteiger partial charge < -0.3 is 5.73 Å². The van der Waals surface area contributed by atoms with Crippen molar-refractivity contribution >= 4 is 29.0 Å². The van der Waals surface area contributed by atoms with E-state index in [-0.39, 0.29) is 16.2 Å². The molecule has 8 heteroatoms. The molecule has 0 amide bonds. The van der Waals surface area contributed by atoms with E-state index in [9.17, 15) is 15.4 Å². The van der Waals surface area contributed by atoms with Crippen LogP contribution in [0.2, 0.25) is 0 Å². The van der Waals surface area contributed by atoms with Gasteiger partial charge >= 0.3 is 0 Å². The molecule has 0 aliphatic rings. The highest BCUT2D eigenvalue weighted by Gasteiger charge is 2.15. The zero-order valence-corrected chi connectivity index (χ0v) is 14.8. The van der Waals surface area contributed by atoms with Crippen molar-refractivity contribution in [1.29, 1.82) is 5.26 Å². The molecule has 7 nitrogen and oxygen atoms in total. The summed E-state index contributed by atoms with van der Waals surface area (Å²) in [5.74, 6) is 0. The molecule has 0 saturated heterocycles. The monoisotopic (exact) mass is 375 g/mol. The van der Waals surface area contributed by atoms with E-state index in [2.05, 4.69) is 5.10 Å². The van der Waals surface area contributed by atoms with Gasteiger partial charge in [-0.15, -0.1) is 0 Å². The van der Waals surface area contributed by atoms with E-state index in [1.165, 1.54) is 18.2 Å². The van der Waals surface area contributed by atoms with Gasteiger partial charge in [-0.05, 0) is 18.2 Å². The fraction of sp³-hybridized carbons (Fsp3) is 0. The molecule has 1 aromatic heterocycles. The fourth-order valence-electron chi connectivity index (χ4n) is 2.51. The van der Waals surface area contributed by atoms with Crippen molar-refractivity contribution < 1.29 is 4.92 Å². The van der Waals surface area contributed by atoms with E-state index in [4.69, 9.17) is 18.0 Å². The van der Waals surface area contributed by atoms with Gasteiger partial charge in [0.05, 0.1) is 16.2 Å². The lowest BCUT2D eigenvalue weighted by molar-refractivity contribution is -0.384. The number of rotatable bonds is 5. The molecule has 0 radical (unpaired) electrons. The maximum Gasteiger partial charge on any atom is 0.270 e. The van der Waals surface area contributed by atoms with E-state index in [0.29, 0.717) is 16.8 Å². The van der Waals surface area contributed by atoms with Gasteiger partial charge in [-0.1, -0.05) is 42.5 Å². The van der Waals surface area contributed by atoms with Crippen LogP contribution < -0.4 is 5.73 Å². The summed E-state index contributed by atoms with van der Waals surface area (Å²) in [7, 11) is 0. The maximum atomic E-state index is 11.1. The van der Waals surface area contributed by atoms with Gasteiger partial charge in [-0.25, -0.2) is 4.68 Å². The maximum absolute atomic E-state index is 11.1. The number of nitrogens with zero attached hydrogens (tertiary/aromatic N) is 4. The van der Waals surface area contributed by atoms with E-state index in [0.717, 1.165) is 5.69 Å². The quantitative estimate of drug-likeness (QED) is 0.240. The number of non-ortho nitro benzene ring substituents is 1. The summed E-state index contributed by atoms with van der Waals surface area (Å²) in [6, 6.07) is 17.5. The molecule has 27 heavy (non-hydrogen) atoms. The number of nitriles is 1. The molecule has 1 heterocycles. The van der Waals surface area contributed by atoms with Gasteiger partial charge in [-0.3, -0.25) is 10.1 Å². The van der Waals surface area contributed by atoms with Gasteiger partial charge in [0, 0.05) is 29.5 Å². The van der Waals surface area contributed by atoms with Crippen LogP contribution in [0.3, 0.4) is 0 Å². The number of nitro groups is 1. The first-order chi connectivity index (χ1) is 13.0. The summed E-state index contributed by atoms with van der Waals surface area (Å²) in [5, 5.41) is 24.9. The fourth-order valence-corrected chi connectivity index (χ4v) is 2.62. The number of thiocarbonyl (C=S) groups is 1. The van der Waals surface area contributed by atoms with Crippen molar-refractivity contribution in [3.05, 3.63) is 82.0 Å². The second-order valence-corrected chi connectivity index (χ2v) is 5.99. The first kappa shape index (κ1) is 18.0. The normalized spacial score (nSPS) is 11.0. The first-order valence-corrected chi connectivity index (χ1v) is 8.22.